The van der Waals surface area contributed by atoms with E-state index in [2.05, 4.69) is 14.1 Å². The third kappa shape index (κ3) is 2.76. The second kappa shape index (κ2) is 6.49. The summed E-state index contributed by atoms with van der Waals surface area (Å²) >= 11 is 0. The first-order valence-electron chi connectivity index (χ1n) is 9.15. The van der Waals surface area contributed by atoms with E-state index in [1.54, 1.807) is 0 Å². The zero-order valence-corrected chi connectivity index (χ0v) is 15.1. The van der Waals surface area contributed by atoms with Gasteiger partial charge in [0.2, 0.25) is 0 Å². The van der Waals surface area contributed by atoms with E-state index < -0.39 is 5.41 Å². The van der Waals surface area contributed by atoms with Gasteiger partial charge in [-0.25, -0.2) is 0 Å². The normalized spacial score (nSPS) is 30.6. The van der Waals surface area contributed by atoms with Gasteiger partial charge in [0.05, 0.1) is 32.8 Å². The summed E-state index contributed by atoms with van der Waals surface area (Å²) in [5.41, 5.74) is -0.0998. The third-order valence-electron chi connectivity index (χ3n) is 6.65. The summed E-state index contributed by atoms with van der Waals surface area (Å²) in [5, 5.41) is 10.0. The number of piperidine rings is 1. The fraction of sp³-hybridized carbons (Fsp3) is 0.650. The number of quaternary nitrogens is 1. The zero-order valence-electron chi connectivity index (χ0n) is 15.1. The van der Waals surface area contributed by atoms with Crippen LogP contribution in [0, 0.1) is 0 Å². The highest BCUT2D eigenvalue weighted by atomic mass is 16.5. The standard InChI is InChI=1S/C20H30NO3/c1-4-20(14-22,15-8-6-5-7-9-15)19(23)24-18-12-16-10-11-17(13-18)21(16,2)3/h5-9,16-18,22H,4,10-14H2,1-3H3/q+1/t16-,17+,18?,20?. The summed E-state index contributed by atoms with van der Waals surface area (Å²) in [6.45, 7) is 1.72. The highest BCUT2D eigenvalue weighted by Gasteiger charge is 2.51. The molecular weight excluding hydrogens is 302 g/mol. The molecule has 2 fully saturated rings. The summed E-state index contributed by atoms with van der Waals surface area (Å²) in [6, 6.07) is 10.7. The fourth-order valence-electron chi connectivity index (χ4n) is 4.68. The maximum Gasteiger partial charge on any atom is 0.319 e. The number of aliphatic hydroxyl groups is 1. The van der Waals surface area contributed by atoms with Gasteiger partial charge in [-0.3, -0.25) is 4.79 Å². The molecule has 0 aromatic heterocycles. The third-order valence-corrected chi connectivity index (χ3v) is 6.65. The van der Waals surface area contributed by atoms with E-state index >= 15 is 0 Å². The number of aliphatic hydroxyl groups excluding tert-OH is 1. The van der Waals surface area contributed by atoms with Gasteiger partial charge in [0.25, 0.3) is 0 Å². The molecule has 4 heteroatoms. The van der Waals surface area contributed by atoms with Crippen molar-refractivity contribution in [2.75, 3.05) is 20.7 Å². The highest BCUT2D eigenvalue weighted by molar-refractivity contribution is 5.83. The van der Waals surface area contributed by atoms with Crippen molar-refractivity contribution in [1.82, 2.24) is 0 Å². The molecule has 0 aliphatic carbocycles. The molecule has 24 heavy (non-hydrogen) atoms. The molecule has 1 aromatic carbocycles. The van der Waals surface area contributed by atoms with Crippen LogP contribution in [-0.4, -0.2) is 54.4 Å². The molecule has 0 spiro atoms. The Hall–Kier alpha value is -1.39. The average Bonchev–Trinajstić information content (AvgIpc) is 2.76. The molecule has 1 N–H and O–H groups in total. The lowest BCUT2D eigenvalue weighted by Gasteiger charge is -2.44. The van der Waals surface area contributed by atoms with Crippen molar-refractivity contribution in [3.05, 3.63) is 35.9 Å². The number of rotatable bonds is 5. The maximum absolute atomic E-state index is 13.0. The molecule has 2 aliphatic heterocycles. The molecule has 2 saturated heterocycles. The number of carbonyl (C=O) groups is 1. The number of benzene rings is 1. The largest absolute Gasteiger partial charge is 0.461 e. The summed E-state index contributed by atoms with van der Waals surface area (Å²) in [5.74, 6) is -0.268. The predicted molar refractivity (Wildman–Crippen MR) is 93.5 cm³/mol. The molecule has 132 valence electrons. The highest BCUT2D eigenvalue weighted by Crippen LogP contribution is 2.41. The van der Waals surface area contributed by atoms with E-state index in [1.807, 2.05) is 37.3 Å². The van der Waals surface area contributed by atoms with E-state index in [9.17, 15) is 9.90 Å². The van der Waals surface area contributed by atoms with Gasteiger partial charge in [0.15, 0.2) is 0 Å². The molecule has 1 aromatic rings. The second-order valence-electron chi connectivity index (χ2n) is 7.97. The molecule has 0 radical (unpaired) electrons. The Balaban J connectivity index is 1.76. The first-order valence-corrected chi connectivity index (χ1v) is 9.15. The summed E-state index contributed by atoms with van der Waals surface area (Å²) in [7, 11) is 4.60. The molecular formula is C20H30NO3+. The van der Waals surface area contributed by atoms with Gasteiger partial charge < -0.3 is 14.3 Å². The van der Waals surface area contributed by atoms with Crippen molar-refractivity contribution < 1.29 is 19.1 Å². The van der Waals surface area contributed by atoms with Crippen LogP contribution in [-0.2, 0) is 14.9 Å². The van der Waals surface area contributed by atoms with Crippen LogP contribution in [0.2, 0.25) is 0 Å². The molecule has 2 heterocycles. The fourth-order valence-corrected chi connectivity index (χ4v) is 4.68. The summed E-state index contributed by atoms with van der Waals surface area (Å²) in [4.78, 5) is 13.0. The SMILES string of the molecule is CCC(CO)(C(=O)OC1C[C@H]2CC[C@@H](C1)[N+]2(C)C)c1ccccc1. The van der Waals surface area contributed by atoms with Gasteiger partial charge in [-0.15, -0.1) is 0 Å². The van der Waals surface area contributed by atoms with E-state index in [1.165, 1.54) is 12.8 Å². The van der Waals surface area contributed by atoms with Crippen LogP contribution in [0.4, 0.5) is 0 Å². The average molecular weight is 332 g/mol. The lowest BCUT2D eigenvalue weighted by atomic mass is 9.78. The molecule has 4 nitrogen and oxygen atoms in total. The Morgan fingerprint density at radius 2 is 1.79 bits per heavy atom. The minimum absolute atomic E-state index is 0.0117. The number of hydrogen-bond acceptors (Lipinski definition) is 3. The predicted octanol–water partition coefficient (Wildman–Crippen LogP) is 2.64. The molecule has 2 unspecified atom stereocenters. The number of ether oxygens (including phenoxy) is 1. The van der Waals surface area contributed by atoms with Gasteiger partial charge in [-0.05, 0) is 12.0 Å². The van der Waals surface area contributed by atoms with Crippen molar-refractivity contribution in [3.8, 4) is 0 Å². The minimum atomic E-state index is -0.942. The molecule has 2 bridgehead atoms. The molecule has 4 atom stereocenters. The monoisotopic (exact) mass is 332 g/mol. The first-order chi connectivity index (χ1) is 11.4. The van der Waals surface area contributed by atoms with Gasteiger partial charge in [-0.1, -0.05) is 37.3 Å². The second-order valence-corrected chi connectivity index (χ2v) is 7.97. The van der Waals surface area contributed by atoms with Gasteiger partial charge in [0.1, 0.15) is 11.5 Å². The van der Waals surface area contributed by atoms with Crippen molar-refractivity contribution in [3.63, 3.8) is 0 Å². The zero-order chi connectivity index (χ0) is 17.4. The van der Waals surface area contributed by atoms with E-state index in [-0.39, 0.29) is 18.7 Å². The Morgan fingerprint density at radius 3 is 2.29 bits per heavy atom. The molecule has 2 aliphatic rings. The number of nitrogens with zero attached hydrogens (tertiary/aromatic N) is 1. The van der Waals surface area contributed by atoms with Crippen molar-refractivity contribution >= 4 is 5.97 Å². The summed E-state index contributed by atoms with van der Waals surface area (Å²) < 4.78 is 7.02. The lowest BCUT2D eigenvalue weighted by Crippen LogP contribution is -2.56. The van der Waals surface area contributed by atoms with E-state index in [0.29, 0.717) is 18.5 Å². The quantitative estimate of drug-likeness (QED) is 0.666. The Labute approximate surface area is 145 Å². The Bertz CT molecular complexity index is 564. The smallest absolute Gasteiger partial charge is 0.319 e. The Kier molecular flexibility index (Phi) is 4.71. The van der Waals surface area contributed by atoms with Gasteiger partial charge in [-0.2, -0.15) is 0 Å². The van der Waals surface area contributed by atoms with Crippen LogP contribution in [0.3, 0.4) is 0 Å². The van der Waals surface area contributed by atoms with Crippen LogP contribution in [0.1, 0.15) is 44.6 Å². The molecule has 0 saturated carbocycles. The first kappa shape index (κ1) is 17.4. The van der Waals surface area contributed by atoms with Crippen molar-refractivity contribution in [2.45, 2.75) is 62.6 Å². The van der Waals surface area contributed by atoms with Crippen LogP contribution in [0.25, 0.3) is 0 Å². The number of fused-ring (bicyclic) bond motifs is 2. The molecule has 0 amide bonds. The minimum Gasteiger partial charge on any atom is -0.461 e. The number of carbonyl (C=O) groups excluding carboxylic acids is 1. The number of hydrogen-bond donors (Lipinski definition) is 1. The van der Waals surface area contributed by atoms with Crippen LogP contribution < -0.4 is 0 Å². The van der Waals surface area contributed by atoms with E-state index in [0.717, 1.165) is 22.9 Å². The van der Waals surface area contributed by atoms with Crippen LogP contribution in [0.15, 0.2) is 30.3 Å². The van der Waals surface area contributed by atoms with Crippen LogP contribution in [0.5, 0.6) is 0 Å². The van der Waals surface area contributed by atoms with Gasteiger partial charge >= 0.3 is 5.97 Å². The number of esters is 1. The lowest BCUT2D eigenvalue weighted by molar-refractivity contribution is -0.931. The van der Waals surface area contributed by atoms with Gasteiger partial charge in [0, 0.05) is 25.7 Å². The maximum atomic E-state index is 13.0. The Morgan fingerprint density at radius 1 is 1.21 bits per heavy atom. The van der Waals surface area contributed by atoms with Crippen LogP contribution >= 0.6 is 0 Å². The topological polar surface area (TPSA) is 46.5 Å². The van der Waals surface area contributed by atoms with Crippen molar-refractivity contribution in [2.24, 2.45) is 0 Å². The molecule has 3 rings (SSSR count). The van der Waals surface area contributed by atoms with Crippen molar-refractivity contribution in [1.29, 1.82) is 0 Å². The van der Waals surface area contributed by atoms with E-state index in [4.69, 9.17) is 4.74 Å². The summed E-state index contributed by atoms with van der Waals surface area (Å²) in [6.07, 6.45) is 4.85.